The van der Waals surface area contributed by atoms with Crippen LogP contribution >= 0.6 is 0 Å². The standard InChI is InChI=1S/C24H29N5O5/c1-13(2)19-10-17(18-11-25-29(14(3)4)23(18)28-19)24(32)34-12-22(31)27-20-9-16(26-15(5)30)7-8-21(20)33-6/h7-11,13-14H,12H2,1-6H3,(H,26,30)(H,27,31). The second-order valence-electron chi connectivity index (χ2n) is 8.39. The second-order valence-corrected chi connectivity index (χ2v) is 8.39. The summed E-state index contributed by atoms with van der Waals surface area (Å²) in [6.07, 6.45) is 1.58. The van der Waals surface area contributed by atoms with Gasteiger partial charge in [-0.1, -0.05) is 13.8 Å². The van der Waals surface area contributed by atoms with Gasteiger partial charge in [0.25, 0.3) is 5.91 Å². The van der Waals surface area contributed by atoms with E-state index in [9.17, 15) is 14.4 Å². The molecule has 10 heteroatoms. The van der Waals surface area contributed by atoms with Crippen LogP contribution in [0.15, 0.2) is 30.5 Å². The van der Waals surface area contributed by atoms with Crippen molar-refractivity contribution < 1.29 is 23.9 Å². The lowest BCUT2D eigenvalue weighted by Gasteiger charge is -2.13. The molecule has 0 fully saturated rings. The fourth-order valence-electron chi connectivity index (χ4n) is 3.36. The SMILES string of the molecule is COc1ccc(NC(C)=O)cc1NC(=O)COC(=O)c1cc(C(C)C)nc2c1cnn2C(C)C. The zero-order valence-electron chi connectivity index (χ0n) is 20.1. The highest BCUT2D eigenvalue weighted by molar-refractivity contribution is 6.04. The average Bonchev–Trinajstić information content (AvgIpc) is 3.21. The van der Waals surface area contributed by atoms with E-state index in [0.29, 0.717) is 33.7 Å². The molecular formula is C24H29N5O5. The predicted molar refractivity (Wildman–Crippen MR) is 128 cm³/mol. The maximum atomic E-state index is 12.9. The van der Waals surface area contributed by atoms with Crippen LogP contribution in [-0.2, 0) is 14.3 Å². The zero-order chi connectivity index (χ0) is 25.0. The Morgan fingerprint density at radius 2 is 1.82 bits per heavy atom. The molecular weight excluding hydrogens is 438 g/mol. The van der Waals surface area contributed by atoms with E-state index in [2.05, 4.69) is 20.7 Å². The molecule has 0 aliphatic heterocycles. The Kier molecular flexibility index (Phi) is 7.50. The minimum absolute atomic E-state index is 0.0605. The van der Waals surface area contributed by atoms with Crippen molar-refractivity contribution in [2.45, 2.75) is 46.6 Å². The summed E-state index contributed by atoms with van der Waals surface area (Å²) < 4.78 is 12.3. The summed E-state index contributed by atoms with van der Waals surface area (Å²) in [6, 6.07) is 6.56. The maximum absolute atomic E-state index is 12.9. The van der Waals surface area contributed by atoms with Gasteiger partial charge in [0.2, 0.25) is 5.91 Å². The van der Waals surface area contributed by atoms with Gasteiger partial charge >= 0.3 is 5.97 Å². The Morgan fingerprint density at radius 1 is 1.09 bits per heavy atom. The number of nitrogens with zero attached hydrogens (tertiary/aromatic N) is 3. The molecule has 0 saturated heterocycles. The van der Waals surface area contributed by atoms with Crippen LogP contribution in [0.3, 0.4) is 0 Å². The number of ether oxygens (including phenoxy) is 2. The summed E-state index contributed by atoms with van der Waals surface area (Å²) in [5, 5.41) is 10.2. The Hall–Kier alpha value is -3.95. The van der Waals surface area contributed by atoms with E-state index in [1.54, 1.807) is 35.1 Å². The third kappa shape index (κ3) is 5.51. The smallest absolute Gasteiger partial charge is 0.339 e. The number of aromatic nitrogens is 3. The number of carbonyl (C=O) groups is 3. The van der Waals surface area contributed by atoms with E-state index < -0.39 is 18.5 Å². The minimum atomic E-state index is -0.647. The summed E-state index contributed by atoms with van der Waals surface area (Å²) in [7, 11) is 1.46. The average molecular weight is 468 g/mol. The maximum Gasteiger partial charge on any atom is 0.339 e. The summed E-state index contributed by atoms with van der Waals surface area (Å²) >= 11 is 0. The lowest BCUT2D eigenvalue weighted by Crippen LogP contribution is -2.21. The molecule has 0 radical (unpaired) electrons. The first-order valence-corrected chi connectivity index (χ1v) is 10.9. The summed E-state index contributed by atoms with van der Waals surface area (Å²) in [6.45, 7) is 8.80. The first kappa shape index (κ1) is 24.7. The minimum Gasteiger partial charge on any atom is -0.495 e. The van der Waals surface area contributed by atoms with Crippen LogP contribution < -0.4 is 15.4 Å². The molecule has 2 heterocycles. The molecule has 2 N–H and O–H groups in total. The van der Waals surface area contributed by atoms with Crippen LogP contribution in [0.25, 0.3) is 11.0 Å². The van der Waals surface area contributed by atoms with Gasteiger partial charge in [-0.3, -0.25) is 9.59 Å². The van der Waals surface area contributed by atoms with Gasteiger partial charge in [0.1, 0.15) is 5.75 Å². The molecule has 34 heavy (non-hydrogen) atoms. The number of fused-ring (bicyclic) bond motifs is 1. The molecule has 0 aliphatic carbocycles. The largest absolute Gasteiger partial charge is 0.495 e. The monoisotopic (exact) mass is 467 g/mol. The molecule has 0 unspecified atom stereocenters. The molecule has 0 saturated carbocycles. The van der Waals surface area contributed by atoms with Gasteiger partial charge < -0.3 is 20.1 Å². The summed E-state index contributed by atoms with van der Waals surface area (Å²) in [5.41, 5.74) is 2.45. The second kappa shape index (κ2) is 10.3. The molecule has 1 aromatic carbocycles. The van der Waals surface area contributed by atoms with Gasteiger partial charge in [-0.05, 0) is 44.0 Å². The molecule has 0 spiro atoms. The third-order valence-electron chi connectivity index (χ3n) is 5.02. The van der Waals surface area contributed by atoms with E-state index >= 15 is 0 Å². The number of rotatable bonds is 8. The van der Waals surface area contributed by atoms with Crippen molar-refractivity contribution in [3.63, 3.8) is 0 Å². The lowest BCUT2D eigenvalue weighted by atomic mass is 10.1. The summed E-state index contributed by atoms with van der Waals surface area (Å²) in [5.74, 6) is -0.974. The summed E-state index contributed by atoms with van der Waals surface area (Å²) in [4.78, 5) is 41.4. The van der Waals surface area contributed by atoms with Crippen molar-refractivity contribution >= 4 is 40.2 Å². The molecule has 180 valence electrons. The molecule has 3 rings (SSSR count). The van der Waals surface area contributed by atoms with E-state index in [4.69, 9.17) is 9.47 Å². The van der Waals surface area contributed by atoms with Gasteiger partial charge in [-0.25, -0.2) is 14.5 Å². The van der Waals surface area contributed by atoms with Crippen LogP contribution in [0.1, 0.15) is 62.6 Å². The molecule has 2 aromatic heterocycles. The van der Waals surface area contributed by atoms with Crippen LogP contribution in [0.4, 0.5) is 11.4 Å². The molecule has 2 amide bonds. The molecule has 0 aliphatic rings. The van der Waals surface area contributed by atoms with E-state index in [1.165, 1.54) is 14.0 Å². The Balaban J connectivity index is 1.78. The van der Waals surface area contributed by atoms with Crippen LogP contribution in [0.2, 0.25) is 0 Å². The number of benzene rings is 1. The van der Waals surface area contributed by atoms with Crippen molar-refractivity contribution in [1.29, 1.82) is 0 Å². The molecule has 3 aromatic rings. The van der Waals surface area contributed by atoms with E-state index in [0.717, 1.165) is 5.69 Å². The van der Waals surface area contributed by atoms with Crippen molar-refractivity contribution in [2.75, 3.05) is 24.4 Å². The van der Waals surface area contributed by atoms with Crippen LogP contribution in [-0.4, -0.2) is 46.3 Å². The molecule has 0 bridgehead atoms. The quantitative estimate of drug-likeness (QED) is 0.482. The van der Waals surface area contributed by atoms with Gasteiger partial charge in [-0.15, -0.1) is 0 Å². The Bertz CT molecular complexity index is 1230. The highest BCUT2D eigenvalue weighted by Gasteiger charge is 2.21. The predicted octanol–water partition coefficient (Wildman–Crippen LogP) is 3.90. The number of hydrogen-bond acceptors (Lipinski definition) is 7. The lowest BCUT2D eigenvalue weighted by molar-refractivity contribution is -0.119. The van der Waals surface area contributed by atoms with Gasteiger partial charge in [0.05, 0.1) is 29.9 Å². The Morgan fingerprint density at radius 3 is 2.44 bits per heavy atom. The van der Waals surface area contributed by atoms with Gasteiger partial charge in [-0.2, -0.15) is 5.10 Å². The number of methoxy groups -OCH3 is 1. The van der Waals surface area contributed by atoms with Crippen molar-refractivity contribution in [2.24, 2.45) is 0 Å². The van der Waals surface area contributed by atoms with Crippen molar-refractivity contribution in [3.8, 4) is 5.75 Å². The van der Waals surface area contributed by atoms with Gasteiger partial charge in [0, 0.05) is 24.3 Å². The highest BCUT2D eigenvalue weighted by Crippen LogP contribution is 2.28. The highest BCUT2D eigenvalue weighted by atomic mass is 16.5. The van der Waals surface area contributed by atoms with Gasteiger partial charge in [0.15, 0.2) is 12.3 Å². The molecule has 10 nitrogen and oxygen atoms in total. The van der Waals surface area contributed by atoms with Crippen LogP contribution in [0.5, 0.6) is 5.75 Å². The zero-order valence-corrected chi connectivity index (χ0v) is 20.1. The number of pyridine rings is 1. The fourth-order valence-corrected chi connectivity index (χ4v) is 3.36. The third-order valence-corrected chi connectivity index (χ3v) is 5.02. The van der Waals surface area contributed by atoms with Crippen molar-refractivity contribution in [1.82, 2.24) is 14.8 Å². The number of carbonyl (C=O) groups excluding carboxylic acids is 3. The number of esters is 1. The topological polar surface area (TPSA) is 124 Å². The van der Waals surface area contributed by atoms with Crippen LogP contribution in [0, 0.1) is 0 Å². The fraction of sp³-hybridized carbons (Fsp3) is 0.375. The number of nitrogens with one attached hydrogen (secondary N) is 2. The van der Waals surface area contributed by atoms with E-state index in [-0.39, 0.29) is 17.9 Å². The first-order chi connectivity index (χ1) is 16.1. The van der Waals surface area contributed by atoms with E-state index in [1.807, 2.05) is 27.7 Å². The normalized spacial score (nSPS) is 11.1. The number of amides is 2. The van der Waals surface area contributed by atoms with Crippen molar-refractivity contribution in [3.05, 3.63) is 41.7 Å². The molecule has 0 atom stereocenters. The first-order valence-electron chi connectivity index (χ1n) is 10.9. The Labute approximate surface area is 197 Å². The number of hydrogen-bond donors (Lipinski definition) is 2. The number of anilines is 2.